The number of aryl methyl sites for hydroxylation is 1. The van der Waals surface area contributed by atoms with Gasteiger partial charge in [-0.1, -0.05) is 20.8 Å². The standard InChI is InChI=1S/C10H16N2/c1-8-6-11-9(12-7-8)5-10(2,3)4/h6-7H,5H2,1-4H3. The van der Waals surface area contributed by atoms with Crippen molar-refractivity contribution in [1.29, 1.82) is 0 Å². The molecule has 66 valence electrons. The average molecular weight is 164 g/mol. The fourth-order valence-electron chi connectivity index (χ4n) is 0.985. The first-order valence-corrected chi connectivity index (χ1v) is 4.25. The van der Waals surface area contributed by atoms with Gasteiger partial charge in [0.05, 0.1) is 0 Å². The van der Waals surface area contributed by atoms with Crippen molar-refractivity contribution in [3.8, 4) is 0 Å². The number of hydrogen-bond acceptors (Lipinski definition) is 2. The van der Waals surface area contributed by atoms with Gasteiger partial charge in [-0.05, 0) is 17.9 Å². The van der Waals surface area contributed by atoms with Crippen molar-refractivity contribution in [3.05, 3.63) is 23.8 Å². The normalized spacial score (nSPS) is 11.7. The van der Waals surface area contributed by atoms with E-state index in [4.69, 9.17) is 0 Å². The van der Waals surface area contributed by atoms with Gasteiger partial charge < -0.3 is 0 Å². The maximum Gasteiger partial charge on any atom is 0.128 e. The Hall–Kier alpha value is -0.920. The van der Waals surface area contributed by atoms with Crippen LogP contribution in [0.2, 0.25) is 0 Å². The quantitative estimate of drug-likeness (QED) is 0.637. The van der Waals surface area contributed by atoms with Gasteiger partial charge in [-0.25, -0.2) is 9.97 Å². The molecule has 0 aromatic carbocycles. The Morgan fingerprint density at radius 3 is 2.08 bits per heavy atom. The molecule has 2 heteroatoms. The fraction of sp³-hybridized carbons (Fsp3) is 0.600. The van der Waals surface area contributed by atoms with Gasteiger partial charge in [0.2, 0.25) is 0 Å². The summed E-state index contributed by atoms with van der Waals surface area (Å²) in [5.74, 6) is 0.938. The summed E-state index contributed by atoms with van der Waals surface area (Å²) in [7, 11) is 0. The zero-order chi connectivity index (χ0) is 9.19. The number of aromatic nitrogens is 2. The zero-order valence-electron chi connectivity index (χ0n) is 8.26. The van der Waals surface area contributed by atoms with Crippen LogP contribution in [0.15, 0.2) is 12.4 Å². The smallest absolute Gasteiger partial charge is 0.128 e. The van der Waals surface area contributed by atoms with Crippen LogP contribution in [0.3, 0.4) is 0 Å². The van der Waals surface area contributed by atoms with E-state index in [0.29, 0.717) is 0 Å². The highest BCUT2D eigenvalue weighted by Gasteiger charge is 2.12. The lowest BCUT2D eigenvalue weighted by Crippen LogP contribution is -2.11. The van der Waals surface area contributed by atoms with Crippen LogP contribution in [0.5, 0.6) is 0 Å². The molecule has 0 bridgehead atoms. The predicted octanol–water partition coefficient (Wildman–Crippen LogP) is 2.37. The summed E-state index contributed by atoms with van der Waals surface area (Å²) in [4.78, 5) is 8.51. The van der Waals surface area contributed by atoms with Crippen molar-refractivity contribution in [2.75, 3.05) is 0 Å². The van der Waals surface area contributed by atoms with Crippen LogP contribution in [-0.2, 0) is 6.42 Å². The van der Waals surface area contributed by atoms with Gasteiger partial charge in [-0.2, -0.15) is 0 Å². The largest absolute Gasteiger partial charge is 0.241 e. The first kappa shape index (κ1) is 9.17. The molecule has 1 aromatic heterocycles. The van der Waals surface area contributed by atoms with Gasteiger partial charge in [0.1, 0.15) is 5.82 Å². The van der Waals surface area contributed by atoms with E-state index in [0.717, 1.165) is 17.8 Å². The summed E-state index contributed by atoms with van der Waals surface area (Å²) in [5.41, 5.74) is 1.39. The summed E-state index contributed by atoms with van der Waals surface area (Å²) >= 11 is 0. The van der Waals surface area contributed by atoms with Gasteiger partial charge in [0, 0.05) is 18.8 Å². The first-order chi connectivity index (χ1) is 5.47. The van der Waals surface area contributed by atoms with Gasteiger partial charge in [0.25, 0.3) is 0 Å². The summed E-state index contributed by atoms with van der Waals surface area (Å²) in [5, 5.41) is 0. The van der Waals surface area contributed by atoms with Crippen LogP contribution in [0, 0.1) is 12.3 Å². The Balaban J connectivity index is 2.71. The van der Waals surface area contributed by atoms with Crippen LogP contribution in [-0.4, -0.2) is 9.97 Å². The highest BCUT2D eigenvalue weighted by atomic mass is 14.9. The highest BCUT2D eigenvalue weighted by Crippen LogP contribution is 2.17. The highest BCUT2D eigenvalue weighted by molar-refractivity contribution is 5.02. The Kier molecular flexibility index (Phi) is 2.46. The van der Waals surface area contributed by atoms with Crippen LogP contribution >= 0.6 is 0 Å². The molecule has 0 aliphatic carbocycles. The zero-order valence-corrected chi connectivity index (χ0v) is 8.26. The van der Waals surface area contributed by atoms with E-state index in [9.17, 15) is 0 Å². The molecule has 0 aliphatic rings. The van der Waals surface area contributed by atoms with Crippen molar-refractivity contribution in [2.45, 2.75) is 34.1 Å². The number of nitrogens with zero attached hydrogens (tertiary/aromatic N) is 2. The molecule has 0 amide bonds. The summed E-state index contributed by atoms with van der Waals surface area (Å²) in [6.45, 7) is 8.57. The summed E-state index contributed by atoms with van der Waals surface area (Å²) in [6, 6.07) is 0. The third kappa shape index (κ3) is 2.99. The lowest BCUT2D eigenvalue weighted by Gasteiger charge is -2.16. The van der Waals surface area contributed by atoms with Crippen molar-refractivity contribution in [2.24, 2.45) is 5.41 Å². The molecule has 0 N–H and O–H groups in total. The molecule has 0 aliphatic heterocycles. The maximum atomic E-state index is 4.25. The second-order valence-corrected chi connectivity index (χ2v) is 4.41. The third-order valence-electron chi connectivity index (χ3n) is 1.52. The topological polar surface area (TPSA) is 25.8 Å². The van der Waals surface area contributed by atoms with E-state index in [1.165, 1.54) is 0 Å². The van der Waals surface area contributed by atoms with Crippen LogP contribution in [0.25, 0.3) is 0 Å². The predicted molar refractivity (Wildman–Crippen MR) is 49.9 cm³/mol. The molecule has 12 heavy (non-hydrogen) atoms. The molecule has 0 saturated heterocycles. The van der Waals surface area contributed by atoms with E-state index in [-0.39, 0.29) is 5.41 Å². The summed E-state index contributed by atoms with van der Waals surface area (Å²) < 4.78 is 0. The molecule has 0 saturated carbocycles. The Labute approximate surface area is 74.1 Å². The van der Waals surface area contributed by atoms with Crippen molar-refractivity contribution in [3.63, 3.8) is 0 Å². The minimum atomic E-state index is 0.273. The average Bonchev–Trinajstić information content (AvgIpc) is 1.91. The summed E-state index contributed by atoms with van der Waals surface area (Å²) in [6.07, 6.45) is 4.68. The third-order valence-corrected chi connectivity index (χ3v) is 1.52. The SMILES string of the molecule is Cc1cnc(CC(C)(C)C)nc1. The van der Waals surface area contributed by atoms with Gasteiger partial charge in [-0.15, -0.1) is 0 Å². The molecule has 1 aromatic rings. The van der Waals surface area contributed by atoms with Crippen molar-refractivity contribution >= 4 is 0 Å². The van der Waals surface area contributed by atoms with E-state index >= 15 is 0 Å². The lowest BCUT2D eigenvalue weighted by molar-refractivity contribution is 0.400. The molecular formula is C10H16N2. The van der Waals surface area contributed by atoms with Gasteiger partial charge >= 0.3 is 0 Å². The Morgan fingerprint density at radius 2 is 1.67 bits per heavy atom. The first-order valence-electron chi connectivity index (χ1n) is 4.25. The molecule has 1 rings (SSSR count). The fourth-order valence-corrected chi connectivity index (χ4v) is 0.985. The second-order valence-electron chi connectivity index (χ2n) is 4.41. The van der Waals surface area contributed by atoms with Crippen molar-refractivity contribution < 1.29 is 0 Å². The lowest BCUT2D eigenvalue weighted by atomic mass is 9.92. The molecule has 0 radical (unpaired) electrons. The van der Waals surface area contributed by atoms with Gasteiger partial charge in [-0.3, -0.25) is 0 Å². The van der Waals surface area contributed by atoms with Crippen LogP contribution in [0.4, 0.5) is 0 Å². The molecular weight excluding hydrogens is 148 g/mol. The van der Waals surface area contributed by atoms with E-state index < -0.39 is 0 Å². The number of hydrogen-bond donors (Lipinski definition) is 0. The molecule has 0 atom stereocenters. The van der Waals surface area contributed by atoms with Crippen molar-refractivity contribution in [1.82, 2.24) is 9.97 Å². The Morgan fingerprint density at radius 1 is 1.17 bits per heavy atom. The number of rotatable bonds is 1. The monoisotopic (exact) mass is 164 g/mol. The molecule has 0 unspecified atom stereocenters. The minimum Gasteiger partial charge on any atom is -0.241 e. The second kappa shape index (κ2) is 3.21. The Bertz CT molecular complexity index is 244. The van der Waals surface area contributed by atoms with Crippen LogP contribution < -0.4 is 0 Å². The molecule has 0 fully saturated rings. The van der Waals surface area contributed by atoms with Gasteiger partial charge in [0.15, 0.2) is 0 Å². The van der Waals surface area contributed by atoms with E-state index in [2.05, 4.69) is 30.7 Å². The molecule has 2 nitrogen and oxygen atoms in total. The molecule has 1 heterocycles. The van der Waals surface area contributed by atoms with E-state index in [1.54, 1.807) is 0 Å². The minimum absolute atomic E-state index is 0.273. The maximum absolute atomic E-state index is 4.25. The van der Waals surface area contributed by atoms with E-state index in [1.807, 2.05) is 19.3 Å². The van der Waals surface area contributed by atoms with Crippen LogP contribution in [0.1, 0.15) is 32.2 Å². The molecule has 0 spiro atoms.